The van der Waals surface area contributed by atoms with Gasteiger partial charge in [0.15, 0.2) is 6.61 Å². The highest BCUT2D eigenvalue weighted by Gasteiger charge is 2.08. The molecule has 0 bridgehead atoms. The first-order valence-corrected chi connectivity index (χ1v) is 8.12. The monoisotopic (exact) mass is 383 g/mol. The number of amides is 1. The summed E-state index contributed by atoms with van der Waals surface area (Å²) in [5.74, 6) is 0.290. The minimum atomic E-state index is -0.248. The molecule has 0 aromatic heterocycles. The van der Waals surface area contributed by atoms with Gasteiger partial charge in [-0.3, -0.25) is 9.59 Å². The van der Waals surface area contributed by atoms with Gasteiger partial charge in [0.1, 0.15) is 12.0 Å². The SMILES string of the molecule is O=Cc1ccc(OCC(=O)Nc2ccc(Br)c3ccccc23)cc1. The number of fused-ring (bicyclic) bond motifs is 1. The second kappa shape index (κ2) is 7.27. The number of nitrogens with one attached hydrogen (secondary N) is 1. The van der Waals surface area contributed by atoms with Gasteiger partial charge in [0.05, 0.1) is 0 Å². The van der Waals surface area contributed by atoms with Gasteiger partial charge in [0.2, 0.25) is 0 Å². The first-order chi connectivity index (χ1) is 11.7. The van der Waals surface area contributed by atoms with Crippen molar-refractivity contribution in [3.05, 3.63) is 70.7 Å². The summed E-state index contributed by atoms with van der Waals surface area (Å²) in [7, 11) is 0. The molecule has 24 heavy (non-hydrogen) atoms. The van der Waals surface area contributed by atoms with Crippen LogP contribution in [0.4, 0.5) is 5.69 Å². The molecule has 0 heterocycles. The number of anilines is 1. The Hall–Kier alpha value is -2.66. The van der Waals surface area contributed by atoms with E-state index in [4.69, 9.17) is 4.74 Å². The molecule has 0 atom stereocenters. The fourth-order valence-corrected chi connectivity index (χ4v) is 2.83. The zero-order valence-corrected chi connectivity index (χ0v) is 14.2. The van der Waals surface area contributed by atoms with Crippen LogP contribution >= 0.6 is 15.9 Å². The molecule has 0 aliphatic rings. The molecule has 5 heteroatoms. The molecule has 3 rings (SSSR count). The van der Waals surface area contributed by atoms with Crippen LogP contribution < -0.4 is 10.1 Å². The van der Waals surface area contributed by atoms with E-state index < -0.39 is 0 Å². The highest BCUT2D eigenvalue weighted by molar-refractivity contribution is 9.10. The quantitative estimate of drug-likeness (QED) is 0.662. The van der Waals surface area contributed by atoms with Crippen molar-refractivity contribution >= 4 is 44.6 Å². The summed E-state index contributed by atoms with van der Waals surface area (Å²) < 4.78 is 6.41. The van der Waals surface area contributed by atoms with Crippen molar-refractivity contribution in [2.45, 2.75) is 0 Å². The van der Waals surface area contributed by atoms with Crippen LogP contribution in [-0.2, 0) is 4.79 Å². The summed E-state index contributed by atoms with van der Waals surface area (Å²) in [6, 6.07) is 18.2. The van der Waals surface area contributed by atoms with Crippen LogP contribution in [0.1, 0.15) is 10.4 Å². The fraction of sp³-hybridized carbons (Fsp3) is 0.0526. The maximum absolute atomic E-state index is 12.1. The van der Waals surface area contributed by atoms with Crippen LogP contribution in [0.25, 0.3) is 10.8 Å². The summed E-state index contributed by atoms with van der Waals surface area (Å²) >= 11 is 3.51. The Morgan fingerprint density at radius 2 is 1.71 bits per heavy atom. The molecule has 3 aromatic rings. The third-order valence-electron chi connectivity index (χ3n) is 3.53. The van der Waals surface area contributed by atoms with Crippen LogP contribution in [-0.4, -0.2) is 18.8 Å². The number of hydrogen-bond acceptors (Lipinski definition) is 3. The lowest BCUT2D eigenvalue weighted by molar-refractivity contribution is -0.118. The van der Waals surface area contributed by atoms with Crippen molar-refractivity contribution in [3.63, 3.8) is 0 Å². The van der Waals surface area contributed by atoms with Crippen molar-refractivity contribution in [2.75, 3.05) is 11.9 Å². The van der Waals surface area contributed by atoms with Gasteiger partial charge < -0.3 is 10.1 Å². The van der Waals surface area contributed by atoms with Gasteiger partial charge in [-0.05, 0) is 41.8 Å². The minimum absolute atomic E-state index is 0.106. The number of aldehydes is 1. The van der Waals surface area contributed by atoms with Gasteiger partial charge in [-0.15, -0.1) is 0 Å². The maximum atomic E-state index is 12.1. The Morgan fingerprint density at radius 1 is 1.00 bits per heavy atom. The molecule has 0 aliphatic carbocycles. The molecule has 1 N–H and O–H groups in total. The smallest absolute Gasteiger partial charge is 0.262 e. The summed E-state index contributed by atoms with van der Waals surface area (Å²) in [5.41, 5.74) is 1.30. The largest absolute Gasteiger partial charge is 0.484 e. The lowest BCUT2D eigenvalue weighted by Gasteiger charge is -2.11. The number of ether oxygens (including phenoxy) is 1. The molecule has 0 aliphatic heterocycles. The number of carbonyl (C=O) groups is 2. The van der Waals surface area contributed by atoms with E-state index in [-0.39, 0.29) is 12.5 Å². The van der Waals surface area contributed by atoms with E-state index in [9.17, 15) is 9.59 Å². The first kappa shape index (κ1) is 16.2. The zero-order valence-electron chi connectivity index (χ0n) is 12.7. The Kier molecular flexibility index (Phi) is 4.91. The van der Waals surface area contributed by atoms with Gasteiger partial charge in [-0.1, -0.05) is 40.2 Å². The zero-order chi connectivity index (χ0) is 16.9. The predicted molar refractivity (Wildman–Crippen MR) is 97.6 cm³/mol. The molecular formula is C19H14BrNO3. The van der Waals surface area contributed by atoms with E-state index >= 15 is 0 Å². The van der Waals surface area contributed by atoms with Gasteiger partial charge in [0.25, 0.3) is 5.91 Å². The van der Waals surface area contributed by atoms with Gasteiger partial charge in [-0.25, -0.2) is 0 Å². The average molecular weight is 384 g/mol. The van der Waals surface area contributed by atoms with E-state index in [2.05, 4.69) is 21.2 Å². The summed E-state index contributed by atoms with van der Waals surface area (Å²) in [6.45, 7) is -0.106. The normalized spacial score (nSPS) is 10.4. The fourth-order valence-electron chi connectivity index (χ4n) is 2.35. The Morgan fingerprint density at radius 3 is 2.42 bits per heavy atom. The molecule has 4 nitrogen and oxygen atoms in total. The van der Waals surface area contributed by atoms with Crippen molar-refractivity contribution in [1.82, 2.24) is 0 Å². The van der Waals surface area contributed by atoms with Crippen LogP contribution in [0.5, 0.6) is 5.75 Å². The Bertz CT molecular complexity index is 891. The third-order valence-corrected chi connectivity index (χ3v) is 4.22. The summed E-state index contributed by atoms with van der Waals surface area (Å²) in [4.78, 5) is 22.7. The van der Waals surface area contributed by atoms with Gasteiger partial charge >= 0.3 is 0 Å². The second-order valence-electron chi connectivity index (χ2n) is 5.16. The molecule has 0 unspecified atom stereocenters. The molecule has 1 amide bonds. The van der Waals surface area contributed by atoms with Gasteiger partial charge in [-0.2, -0.15) is 0 Å². The molecular weight excluding hydrogens is 370 g/mol. The van der Waals surface area contributed by atoms with E-state index in [0.717, 1.165) is 27.2 Å². The van der Waals surface area contributed by atoms with Crippen molar-refractivity contribution < 1.29 is 14.3 Å². The molecule has 0 spiro atoms. The summed E-state index contributed by atoms with van der Waals surface area (Å²) in [5, 5.41) is 4.85. The van der Waals surface area contributed by atoms with Crippen molar-refractivity contribution in [1.29, 1.82) is 0 Å². The third kappa shape index (κ3) is 3.63. The van der Waals surface area contributed by atoms with Crippen LogP contribution in [0.2, 0.25) is 0 Å². The number of halogens is 1. The van der Waals surface area contributed by atoms with Crippen LogP contribution in [0.3, 0.4) is 0 Å². The first-order valence-electron chi connectivity index (χ1n) is 7.32. The number of benzene rings is 3. The topological polar surface area (TPSA) is 55.4 Å². The van der Waals surface area contributed by atoms with Crippen LogP contribution in [0.15, 0.2) is 65.1 Å². The molecule has 0 radical (unpaired) electrons. The summed E-state index contributed by atoms with van der Waals surface area (Å²) in [6.07, 6.45) is 0.759. The van der Waals surface area contributed by atoms with E-state index in [0.29, 0.717) is 11.3 Å². The highest BCUT2D eigenvalue weighted by Crippen LogP contribution is 2.29. The Balaban J connectivity index is 1.68. The molecule has 3 aromatic carbocycles. The molecule has 120 valence electrons. The molecule has 0 fully saturated rings. The van der Waals surface area contributed by atoms with E-state index in [1.165, 1.54) is 0 Å². The van der Waals surface area contributed by atoms with Gasteiger partial charge in [0, 0.05) is 21.1 Å². The van der Waals surface area contributed by atoms with Crippen molar-refractivity contribution in [2.24, 2.45) is 0 Å². The highest BCUT2D eigenvalue weighted by atomic mass is 79.9. The number of hydrogen-bond donors (Lipinski definition) is 1. The molecule has 0 saturated heterocycles. The van der Waals surface area contributed by atoms with Crippen LogP contribution in [0, 0.1) is 0 Å². The lowest BCUT2D eigenvalue weighted by atomic mass is 10.1. The Labute approximate surface area is 147 Å². The molecule has 0 saturated carbocycles. The minimum Gasteiger partial charge on any atom is -0.484 e. The number of rotatable bonds is 5. The van der Waals surface area contributed by atoms with Crippen molar-refractivity contribution in [3.8, 4) is 5.75 Å². The predicted octanol–water partition coefficient (Wildman–Crippen LogP) is 4.43. The van der Waals surface area contributed by atoms with E-state index in [1.807, 2.05) is 36.4 Å². The second-order valence-corrected chi connectivity index (χ2v) is 6.02. The average Bonchev–Trinajstić information content (AvgIpc) is 2.63. The lowest BCUT2D eigenvalue weighted by Crippen LogP contribution is -2.20. The standard InChI is InChI=1S/C19H14BrNO3/c20-17-9-10-18(16-4-2-1-3-15(16)17)21-19(23)12-24-14-7-5-13(11-22)6-8-14/h1-11H,12H2,(H,21,23). The number of carbonyl (C=O) groups excluding carboxylic acids is 2. The maximum Gasteiger partial charge on any atom is 0.262 e. The van der Waals surface area contributed by atoms with E-state index in [1.54, 1.807) is 24.3 Å².